The van der Waals surface area contributed by atoms with Gasteiger partial charge >= 0.3 is 0 Å². The van der Waals surface area contributed by atoms with Crippen LogP contribution in [0.2, 0.25) is 0 Å². The first-order valence-corrected chi connectivity index (χ1v) is 2.94. The summed E-state index contributed by atoms with van der Waals surface area (Å²) in [7, 11) is 5.94. The van der Waals surface area contributed by atoms with Gasteiger partial charge in [-0.1, -0.05) is 5.23 Å². The Kier molecular flexibility index (Phi) is 5.44. The Hall–Kier alpha value is -0.850. The van der Waals surface area contributed by atoms with Gasteiger partial charge in [-0.15, -0.1) is 0 Å². The van der Waals surface area contributed by atoms with Crippen LogP contribution in [0.4, 0.5) is 0 Å². The lowest BCUT2D eigenvalue weighted by Gasteiger charge is -2.18. The van der Waals surface area contributed by atoms with Crippen molar-refractivity contribution in [2.45, 2.75) is 0 Å². The Labute approximate surface area is 65.6 Å². The molecular weight excluding hydrogens is 150 g/mol. The Bertz CT molecular complexity index is 124. The Morgan fingerprint density at radius 2 is 1.82 bits per heavy atom. The molecule has 0 atom stereocenters. The standard InChI is InChI=1S/C5H13N3O3/c1-6-5(7-9-2)8(10-3)11-4/h1-4H3,(H,6,7). The molecule has 0 fully saturated rings. The van der Waals surface area contributed by atoms with E-state index in [0.717, 1.165) is 5.23 Å². The quantitative estimate of drug-likeness (QED) is 0.347. The number of nitrogens with one attached hydrogen (secondary N) is 1. The number of hydrogen-bond donors (Lipinski definition) is 1. The third-order valence-corrected chi connectivity index (χ3v) is 0.910. The molecule has 0 aliphatic carbocycles. The molecule has 0 aromatic carbocycles. The molecule has 6 nitrogen and oxygen atoms in total. The molecule has 6 heteroatoms. The second-order valence-corrected chi connectivity index (χ2v) is 1.48. The Morgan fingerprint density at radius 3 is 2.09 bits per heavy atom. The van der Waals surface area contributed by atoms with Crippen LogP contribution in [-0.4, -0.2) is 39.6 Å². The summed E-state index contributed by atoms with van der Waals surface area (Å²) in [6.45, 7) is 0. The summed E-state index contributed by atoms with van der Waals surface area (Å²) in [6.07, 6.45) is 0. The fraction of sp³-hybridized carbons (Fsp3) is 0.800. The van der Waals surface area contributed by atoms with Crippen LogP contribution in [0.5, 0.6) is 0 Å². The molecule has 0 spiro atoms. The van der Waals surface area contributed by atoms with Gasteiger partial charge < -0.3 is 0 Å². The maximum absolute atomic E-state index is 4.74. The van der Waals surface area contributed by atoms with Gasteiger partial charge in [0.15, 0.2) is 0 Å². The van der Waals surface area contributed by atoms with Crippen LogP contribution in [0.3, 0.4) is 0 Å². The fourth-order valence-corrected chi connectivity index (χ4v) is 0.503. The molecule has 11 heavy (non-hydrogen) atoms. The predicted octanol–water partition coefficient (Wildman–Crippen LogP) is -0.452. The maximum atomic E-state index is 4.74. The molecule has 0 rings (SSSR count). The van der Waals surface area contributed by atoms with Crippen molar-refractivity contribution in [3.05, 3.63) is 0 Å². The van der Waals surface area contributed by atoms with Crippen LogP contribution < -0.4 is 5.48 Å². The second-order valence-electron chi connectivity index (χ2n) is 1.48. The molecular formula is C5H13N3O3. The first kappa shape index (κ1) is 10.2. The molecule has 0 saturated carbocycles. The summed E-state index contributed by atoms with van der Waals surface area (Å²) in [5.41, 5.74) is 2.46. The number of hydroxylamine groups is 3. The summed E-state index contributed by atoms with van der Waals surface area (Å²) in [4.78, 5) is 17.9. The van der Waals surface area contributed by atoms with Gasteiger partial charge in [-0.25, -0.2) is 15.2 Å². The largest absolute Gasteiger partial charge is 0.277 e. The van der Waals surface area contributed by atoms with E-state index >= 15 is 0 Å². The normalized spacial score (nSPS) is 11.5. The van der Waals surface area contributed by atoms with E-state index in [1.165, 1.54) is 21.3 Å². The molecule has 0 aliphatic rings. The Balaban J connectivity index is 3.99. The minimum Gasteiger partial charge on any atom is -0.277 e. The van der Waals surface area contributed by atoms with Gasteiger partial charge in [-0.3, -0.25) is 9.83 Å². The number of aliphatic imine (C=N–C) groups is 1. The molecule has 1 N–H and O–H groups in total. The van der Waals surface area contributed by atoms with Crippen molar-refractivity contribution in [3.63, 3.8) is 0 Å². The van der Waals surface area contributed by atoms with E-state index < -0.39 is 0 Å². The number of guanidine groups is 1. The van der Waals surface area contributed by atoms with Crippen LogP contribution in [-0.2, 0) is 14.5 Å². The maximum Gasteiger partial charge on any atom is 0.270 e. The lowest BCUT2D eigenvalue weighted by atomic mass is 11.0. The van der Waals surface area contributed by atoms with E-state index in [9.17, 15) is 0 Å². The third kappa shape index (κ3) is 3.17. The monoisotopic (exact) mass is 163 g/mol. The van der Waals surface area contributed by atoms with E-state index in [1.807, 2.05) is 0 Å². The van der Waals surface area contributed by atoms with Gasteiger partial charge in [0, 0.05) is 7.05 Å². The summed E-state index contributed by atoms with van der Waals surface area (Å²) < 4.78 is 0. The molecule has 0 aromatic heterocycles. The summed E-state index contributed by atoms with van der Waals surface area (Å²) >= 11 is 0. The van der Waals surface area contributed by atoms with Crippen molar-refractivity contribution in [2.75, 3.05) is 28.4 Å². The van der Waals surface area contributed by atoms with Crippen molar-refractivity contribution in [3.8, 4) is 0 Å². The van der Waals surface area contributed by atoms with E-state index in [4.69, 9.17) is 9.68 Å². The highest BCUT2D eigenvalue weighted by Gasteiger charge is 2.07. The van der Waals surface area contributed by atoms with Gasteiger partial charge in [-0.2, -0.15) is 0 Å². The second kappa shape index (κ2) is 5.90. The van der Waals surface area contributed by atoms with Gasteiger partial charge in [0.2, 0.25) is 0 Å². The molecule has 0 radical (unpaired) electrons. The van der Waals surface area contributed by atoms with E-state index in [1.54, 1.807) is 7.05 Å². The van der Waals surface area contributed by atoms with Gasteiger partial charge in [0.05, 0.1) is 21.3 Å². The number of hydrogen-bond acceptors (Lipinski definition) is 4. The first-order chi connectivity index (χ1) is 5.29. The Morgan fingerprint density at radius 1 is 1.27 bits per heavy atom. The topological polar surface area (TPSA) is 55.3 Å². The van der Waals surface area contributed by atoms with Gasteiger partial charge in [0.25, 0.3) is 5.96 Å². The van der Waals surface area contributed by atoms with E-state index in [-0.39, 0.29) is 0 Å². The smallest absolute Gasteiger partial charge is 0.270 e. The van der Waals surface area contributed by atoms with Crippen molar-refractivity contribution < 1.29 is 14.5 Å². The highest BCUT2D eigenvalue weighted by molar-refractivity contribution is 5.76. The lowest BCUT2D eigenvalue weighted by molar-refractivity contribution is -0.292. The van der Waals surface area contributed by atoms with Crippen LogP contribution in [0.25, 0.3) is 0 Å². The van der Waals surface area contributed by atoms with Crippen molar-refractivity contribution >= 4 is 5.96 Å². The van der Waals surface area contributed by atoms with E-state index in [0.29, 0.717) is 5.96 Å². The lowest BCUT2D eigenvalue weighted by Crippen LogP contribution is -2.39. The zero-order chi connectivity index (χ0) is 8.69. The number of rotatable bonds is 3. The fourth-order valence-electron chi connectivity index (χ4n) is 0.503. The van der Waals surface area contributed by atoms with Crippen molar-refractivity contribution in [2.24, 2.45) is 4.99 Å². The number of nitrogens with zero attached hydrogens (tertiary/aromatic N) is 2. The average molecular weight is 163 g/mol. The summed E-state index contributed by atoms with van der Waals surface area (Å²) in [5.74, 6) is 0.331. The molecule has 66 valence electrons. The highest BCUT2D eigenvalue weighted by Crippen LogP contribution is 1.88. The molecule has 0 aromatic rings. The van der Waals surface area contributed by atoms with Crippen LogP contribution in [0, 0.1) is 0 Å². The molecule has 0 amide bonds. The summed E-state index contributed by atoms with van der Waals surface area (Å²) in [5, 5.41) is 1.07. The van der Waals surface area contributed by atoms with E-state index in [2.05, 4.69) is 15.3 Å². The zero-order valence-electron chi connectivity index (χ0n) is 7.12. The molecule has 0 unspecified atom stereocenters. The van der Waals surface area contributed by atoms with Crippen LogP contribution in [0.1, 0.15) is 0 Å². The molecule has 0 aliphatic heterocycles. The molecule has 0 saturated heterocycles. The average Bonchev–Trinajstić information content (AvgIpc) is 2.05. The SMILES string of the molecule is CN=C(NOC)N(OC)OC. The van der Waals surface area contributed by atoms with Gasteiger partial charge in [-0.05, 0) is 0 Å². The molecule has 0 heterocycles. The van der Waals surface area contributed by atoms with Crippen LogP contribution in [0.15, 0.2) is 4.99 Å². The highest BCUT2D eigenvalue weighted by atomic mass is 16.9. The van der Waals surface area contributed by atoms with Crippen LogP contribution >= 0.6 is 0 Å². The van der Waals surface area contributed by atoms with Gasteiger partial charge in [0.1, 0.15) is 0 Å². The summed E-state index contributed by atoms with van der Waals surface area (Å²) in [6, 6.07) is 0. The zero-order valence-corrected chi connectivity index (χ0v) is 7.12. The van der Waals surface area contributed by atoms with Crippen molar-refractivity contribution in [1.82, 2.24) is 10.7 Å². The third-order valence-electron chi connectivity index (χ3n) is 0.910. The minimum absolute atomic E-state index is 0.331. The van der Waals surface area contributed by atoms with Crippen molar-refractivity contribution in [1.29, 1.82) is 0 Å². The minimum atomic E-state index is 0.331. The molecule has 0 bridgehead atoms. The predicted molar refractivity (Wildman–Crippen MR) is 39.4 cm³/mol. The first-order valence-electron chi connectivity index (χ1n) is 2.94.